The van der Waals surface area contributed by atoms with Gasteiger partial charge in [-0.25, -0.2) is 0 Å². The fourth-order valence-corrected chi connectivity index (χ4v) is 3.39. The first kappa shape index (κ1) is 20.3. The molecule has 1 atom stereocenters. The Hall–Kier alpha value is -1.45. The van der Waals surface area contributed by atoms with E-state index in [0.717, 1.165) is 49.9 Å². The molecule has 0 spiro atoms. The van der Waals surface area contributed by atoms with Crippen molar-refractivity contribution in [1.82, 2.24) is 14.1 Å². The zero-order valence-corrected chi connectivity index (χ0v) is 17.2. The Balaban J connectivity index is 1.58. The third kappa shape index (κ3) is 6.02. The van der Waals surface area contributed by atoms with Crippen LogP contribution in [0.5, 0.6) is 5.88 Å². The van der Waals surface area contributed by atoms with Crippen LogP contribution in [0.15, 0.2) is 0 Å². The molecule has 3 rings (SSSR count). The quantitative estimate of drug-likeness (QED) is 0.664. The molecular formula is C18H30N4O4S. The lowest BCUT2D eigenvalue weighted by Gasteiger charge is -2.29. The highest BCUT2D eigenvalue weighted by molar-refractivity contribution is 6.99. The van der Waals surface area contributed by atoms with Gasteiger partial charge in [0.05, 0.1) is 30.9 Å². The van der Waals surface area contributed by atoms with E-state index >= 15 is 0 Å². The largest absolute Gasteiger partial charge is 0.470 e. The normalized spacial score (nSPS) is 19.4. The van der Waals surface area contributed by atoms with Crippen molar-refractivity contribution in [2.45, 2.75) is 51.7 Å². The highest BCUT2D eigenvalue weighted by Gasteiger charge is 2.30. The van der Waals surface area contributed by atoms with Crippen LogP contribution in [0.3, 0.4) is 0 Å². The molecule has 1 aromatic heterocycles. The van der Waals surface area contributed by atoms with Gasteiger partial charge in [-0.2, -0.15) is 4.37 Å². The van der Waals surface area contributed by atoms with Gasteiger partial charge in [-0.1, -0.05) is 6.42 Å². The fraction of sp³-hybridized carbons (Fsp3) is 0.833. The summed E-state index contributed by atoms with van der Waals surface area (Å²) in [7, 11) is 0. The van der Waals surface area contributed by atoms with Crippen LogP contribution in [-0.2, 0) is 14.3 Å². The summed E-state index contributed by atoms with van der Waals surface area (Å²) in [5, 5.41) is 3.39. The van der Waals surface area contributed by atoms with Gasteiger partial charge >= 0.3 is 5.97 Å². The number of morpholine rings is 1. The summed E-state index contributed by atoms with van der Waals surface area (Å²) in [5.41, 5.74) is -0.0672. The number of nitrogens with one attached hydrogen (secondary N) is 1. The van der Waals surface area contributed by atoms with Gasteiger partial charge in [-0.3, -0.25) is 4.79 Å². The van der Waals surface area contributed by atoms with E-state index in [1.165, 1.54) is 0 Å². The van der Waals surface area contributed by atoms with E-state index in [1.807, 2.05) is 0 Å². The SMILES string of the molecule is CC(C)(C)NCC(COc1nsnc1N1CCOCC1)OC(=O)C1CCC1. The monoisotopic (exact) mass is 398 g/mol. The molecule has 8 nitrogen and oxygen atoms in total. The van der Waals surface area contributed by atoms with Crippen LogP contribution in [0.25, 0.3) is 0 Å². The number of rotatable bonds is 8. The predicted octanol–water partition coefficient (Wildman–Crippen LogP) is 1.85. The van der Waals surface area contributed by atoms with E-state index in [2.05, 4.69) is 39.7 Å². The van der Waals surface area contributed by atoms with Gasteiger partial charge in [-0.05, 0) is 33.6 Å². The molecule has 0 bridgehead atoms. The van der Waals surface area contributed by atoms with Crippen molar-refractivity contribution in [3.05, 3.63) is 0 Å². The van der Waals surface area contributed by atoms with E-state index in [0.29, 0.717) is 25.6 Å². The summed E-state index contributed by atoms with van der Waals surface area (Å²) in [6.45, 7) is 9.93. The van der Waals surface area contributed by atoms with Crippen molar-refractivity contribution >= 4 is 23.5 Å². The third-order valence-electron chi connectivity index (χ3n) is 4.74. The van der Waals surface area contributed by atoms with Gasteiger partial charge in [0.25, 0.3) is 5.88 Å². The molecule has 1 aliphatic carbocycles. The lowest BCUT2D eigenvalue weighted by molar-refractivity contribution is -0.158. The Morgan fingerprint density at radius 1 is 1.33 bits per heavy atom. The van der Waals surface area contributed by atoms with Gasteiger partial charge in [0.1, 0.15) is 12.7 Å². The summed E-state index contributed by atoms with van der Waals surface area (Å²) in [6.07, 6.45) is 2.60. The molecule has 1 N–H and O–H groups in total. The standard InChI is InChI=1S/C18H30N4O4S/c1-18(2,3)19-11-14(26-17(23)13-5-4-6-13)12-25-16-15(20-27-21-16)22-7-9-24-10-8-22/h13-14,19H,4-12H2,1-3H3. The molecule has 2 aliphatic rings. The summed E-state index contributed by atoms with van der Waals surface area (Å²) in [6, 6.07) is 0. The molecule has 27 heavy (non-hydrogen) atoms. The molecule has 1 saturated carbocycles. The Bertz CT molecular complexity index is 609. The molecular weight excluding hydrogens is 368 g/mol. The topological polar surface area (TPSA) is 85.8 Å². The van der Waals surface area contributed by atoms with Crippen molar-refractivity contribution in [2.75, 3.05) is 44.4 Å². The number of esters is 1. The highest BCUT2D eigenvalue weighted by atomic mass is 32.1. The van der Waals surface area contributed by atoms with Gasteiger partial charge in [0.15, 0.2) is 0 Å². The van der Waals surface area contributed by atoms with Crippen LogP contribution in [0, 0.1) is 5.92 Å². The second-order valence-corrected chi connectivity index (χ2v) is 8.65. The van der Waals surface area contributed by atoms with Gasteiger partial charge in [-0.15, -0.1) is 4.37 Å². The number of carbonyl (C=O) groups excluding carboxylic acids is 1. The lowest BCUT2D eigenvalue weighted by atomic mass is 9.86. The second-order valence-electron chi connectivity index (χ2n) is 8.12. The molecule has 0 radical (unpaired) electrons. The zero-order valence-electron chi connectivity index (χ0n) is 16.4. The van der Waals surface area contributed by atoms with Crippen molar-refractivity contribution in [2.24, 2.45) is 5.92 Å². The molecule has 2 fully saturated rings. The van der Waals surface area contributed by atoms with Crippen LogP contribution >= 0.6 is 11.7 Å². The number of anilines is 1. The molecule has 1 aromatic rings. The molecule has 1 saturated heterocycles. The average molecular weight is 399 g/mol. The third-order valence-corrected chi connectivity index (χ3v) is 5.24. The minimum atomic E-state index is -0.364. The van der Waals surface area contributed by atoms with E-state index in [-0.39, 0.29) is 30.1 Å². The molecule has 0 amide bonds. The summed E-state index contributed by atoms with van der Waals surface area (Å²) in [5.74, 6) is 1.18. The smallest absolute Gasteiger partial charge is 0.309 e. The number of hydrogen-bond donors (Lipinski definition) is 1. The number of aromatic nitrogens is 2. The van der Waals surface area contributed by atoms with Crippen LogP contribution in [0.1, 0.15) is 40.0 Å². The molecule has 1 aliphatic heterocycles. The van der Waals surface area contributed by atoms with Crippen LogP contribution < -0.4 is 15.0 Å². The maximum atomic E-state index is 12.3. The fourth-order valence-electron chi connectivity index (χ4n) is 2.87. The van der Waals surface area contributed by atoms with Crippen LogP contribution in [0.2, 0.25) is 0 Å². The summed E-state index contributed by atoms with van der Waals surface area (Å²) < 4.78 is 25.7. The Morgan fingerprint density at radius 2 is 2.07 bits per heavy atom. The molecule has 2 heterocycles. The van der Waals surface area contributed by atoms with Crippen LogP contribution in [-0.4, -0.2) is 65.8 Å². The van der Waals surface area contributed by atoms with Crippen molar-refractivity contribution in [1.29, 1.82) is 0 Å². The molecule has 1 unspecified atom stereocenters. The highest BCUT2D eigenvalue weighted by Crippen LogP contribution is 2.29. The van der Waals surface area contributed by atoms with E-state index in [9.17, 15) is 4.79 Å². The number of nitrogens with zero attached hydrogens (tertiary/aromatic N) is 3. The number of hydrogen-bond acceptors (Lipinski definition) is 9. The first-order valence-electron chi connectivity index (χ1n) is 9.66. The van der Waals surface area contributed by atoms with Crippen molar-refractivity contribution in [3.63, 3.8) is 0 Å². The van der Waals surface area contributed by atoms with Crippen molar-refractivity contribution in [3.8, 4) is 5.88 Å². The van der Waals surface area contributed by atoms with E-state index in [1.54, 1.807) is 0 Å². The minimum absolute atomic E-state index is 0.0481. The van der Waals surface area contributed by atoms with E-state index in [4.69, 9.17) is 14.2 Å². The first-order valence-corrected chi connectivity index (χ1v) is 10.4. The maximum Gasteiger partial charge on any atom is 0.309 e. The Kier molecular flexibility index (Phi) is 6.88. The molecule has 152 valence electrons. The molecule has 9 heteroatoms. The number of ether oxygens (including phenoxy) is 3. The zero-order chi connectivity index (χ0) is 19.3. The predicted molar refractivity (Wildman–Crippen MR) is 103 cm³/mol. The second kappa shape index (κ2) is 9.16. The van der Waals surface area contributed by atoms with Crippen molar-refractivity contribution < 1.29 is 19.0 Å². The Labute approximate surface area is 164 Å². The van der Waals surface area contributed by atoms with Gasteiger partial charge in [0, 0.05) is 25.2 Å². The summed E-state index contributed by atoms with van der Waals surface area (Å²) >= 11 is 1.13. The van der Waals surface area contributed by atoms with Gasteiger partial charge in [0.2, 0.25) is 5.82 Å². The number of carbonyl (C=O) groups is 1. The minimum Gasteiger partial charge on any atom is -0.470 e. The first-order chi connectivity index (χ1) is 12.9. The van der Waals surface area contributed by atoms with Gasteiger partial charge < -0.3 is 24.4 Å². The Morgan fingerprint density at radius 3 is 2.70 bits per heavy atom. The summed E-state index contributed by atoms with van der Waals surface area (Å²) in [4.78, 5) is 14.4. The lowest BCUT2D eigenvalue weighted by Crippen LogP contribution is -2.45. The average Bonchev–Trinajstić information content (AvgIpc) is 3.04. The van der Waals surface area contributed by atoms with E-state index < -0.39 is 0 Å². The molecule has 0 aromatic carbocycles. The van der Waals surface area contributed by atoms with Crippen LogP contribution in [0.4, 0.5) is 5.82 Å². The maximum absolute atomic E-state index is 12.3.